The van der Waals surface area contributed by atoms with Crippen molar-refractivity contribution in [1.82, 2.24) is 10.2 Å². The van der Waals surface area contributed by atoms with Gasteiger partial charge in [-0.3, -0.25) is 9.59 Å². The van der Waals surface area contributed by atoms with Crippen LogP contribution in [0.1, 0.15) is 49.1 Å². The van der Waals surface area contributed by atoms with Crippen LogP contribution in [-0.4, -0.2) is 30.4 Å². The van der Waals surface area contributed by atoms with E-state index in [9.17, 15) is 9.59 Å². The zero-order valence-corrected chi connectivity index (χ0v) is 17.3. The molecule has 0 aliphatic carbocycles. The predicted molar refractivity (Wildman–Crippen MR) is 111 cm³/mol. The van der Waals surface area contributed by atoms with Crippen LogP contribution in [0.15, 0.2) is 41.8 Å². The maximum absolute atomic E-state index is 13.1. The van der Waals surface area contributed by atoms with E-state index < -0.39 is 0 Å². The number of nitrogens with one attached hydrogen (secondary N) is 1. The number of para-hydroxylation sites is 1. The normalized spacial score (nSPS) is 19.5. The number of ether oxygens (including phenoxy) is 1. The van der Waals surface area contributed by atoms with E-state index in [-0.39, 0.29) is 23.8 Å². The highest BCUT2D eigenvalue weighted by Crippen LogP contribution is 2.40. The molecule has 0 bridgehead atoms. The van der Waals surface area contributed by atoms with Crippen LogP contribution in [0.4, 0.5) is 0 Å². The van der Waals surface area contributed by atoms with Crippen LogP contribution in [0.2, 0.25) is 0 Å². The second-order valence-corrected chi connectivity index (χ2v) is 8.10. The molecule has 1 aliphatic heterocycles. The Morgan fingerprint density at radius 1 is 1.29 bits per heavy atom. The SMILES string of the molecule is CCCCN1C(=O)CC[C@@H](C(=O)NCc2cccs2)[C@H]1c1ccccc1OC. The van der Waals surface area contributed by atoms with E-state index >= 15 is 0 Å². The van der Waals surface area contributed by atoms with Gasteiger partial charge in [0, 0.05) is 23.4 Å². The number of likely N-dealkylation sites (tertiary alicyclic amines) is 1. The van der Waals surface area contributed by atoms with E-state index in [0.29, 0.717) is 25.9 Å². The Morgan fingerprint density at radius 3 is 2.82 bits per heavy atom. The molecule has 0 radical (unpaired) electrons. The molecule has 0 spiro atoms. The Balaban J connectivity index is 1.89. The third-order valence-corrected chi connectivity index (χ3v) is 6.15. The average Bonchev–Trinajstić information content (AvgIpc) is 3.24. The highest BCUT2D eigenvalue weighted by atomic mass is 32.1. The Kier molecular flexibility index (Phi) is 7.09. The lowest BCUT2D eigenvalue weighted by Crippen LogP contribution is -2.48. The summed E-state index contributed by atoms with van der Waals surface area (Å²) < 4.78 is 5.57. The number of carbonyl (C=O) groups excluding carboxylic acids is 2. The number of piperidine rings is 1. The van der Waals surface area contributed by atoms with E-state index in [1.165, 1.54) is 0 Å². The summed E-state index contributed by atoms with van der Waals surface area (Å²) >= 11 is 1.63. The monoisotopic (exact) mass is 400 g/mol. The van der Waals surface area contributed by atoms with Gasteiger partial charge < -0.3 is 15.0 Å². The van der Waals surface area contributed by atoms with Crippen molar-refractivity contribution in [2.24, 2.45) is 5.92 Å². The number of hydrogen-bond donors (Lipinski definition) is 1. The van der Waals surface area contributed by atoms with E-state index in [1.807, 2.05) is 46.7 Å². The Morgan fingerprint density at radius 2 is 2.11 bits per heavy atom. The van der Waals surface area contributed by atoms with Crippen molar-refractivity contribution in [3.05, 3.63) is 52.2 Å². The highest BCUT2D eigenvalue weighted by molar-refractivity contribution is 7.09. The van der Waals surface area contributed by atoms with Crippen LogP contribution in [0.25, 0.3) is 0 Å². The molecular weight excluding hydrogens is 372 g/mol. The zero-order chi connectivity index (χ0) is 19.9. The number of unbranched alkanes of at least 4 members (excludes halogenated alkanes) is 1. The predicted octanol–water partition coefficient (Wildman–Crippen LogP) is 4.15. The molecule has 5 nitrogen and oxygen atoms in total. The van der Waals surface area contributed by atoms with E-state index in [1.54, 1.807) is 18.4 Å². The summed E-state index contributed by atoms with van der Waals surface area (Å²) in [5.74, 6) is 0.551. The van der Waals surface area contributed by atoms with E-state index in [0.717, 1.165) is 29.0 Å². The molecule has 150 valence electrons. The van der Waals surface area contributed by atoms with Crippen LogP contribution < -0.4 is 10.1 Å². The van der Waals surface area contributed by atoms with Crippen LogP contribution in [0.5, 0.6) is 5.75 Å². The van der Waals surface area contributed by atoms with Crippen molar-refractivity contribution in [2.45, 2.75) is 45.2 Å². The van der Waals surface area contributed by atoms with Gasteiger partial charge in [-0.25, -0.2) is 0 Å². The minimum Gasteiger partial charge on any atom is -0.496 e. The molecule has 3 rings (SSSR count). The third-order valence-electron chi connectivity index (χ3n) is 5.27. The van der Waals surface area contributed by atoms with Crippen molar-refractivity contribution >= 4 is 23.2 Å². The first-order valence-corrected chi connectivity index (χ1v) is 10.8. The van der Waals surface area contributed by atoms with Gasteiger partial charge in [-0.1, -0.05) is 37.6 Å². The Labute approximate surface area is 170 Å². The number of nitrogens with zero attached hydrogens (tertiary/aromatic N) is 1. The Hall–Kier alpha value is -2.34. The number of carbonyl (C=O) groups is 2. The maximum Gasteiger partial charge on any atom is 0.225 e. The fourth-order valence-corrected chi connectivity index (χ4v) is 4.48. The molecule has 0 saturated carbocycles. The lowest BCUT2D eigenvalue weighted by atomic mass is 9.83. The van der Waals surface area contributed by atoms with Gasteiger partial charge in [-0.05, 0) is 30.4 Å². The van der Waals surface area contributed by atoms with E-state index in [2.05, 4.69) is 12.2 Å². The third kappa shape index (κ3) is 4.55. The van der Waals surface area contributed by atoms with Gasteiger partial charge in [-0.2, -0.15) is 0 Å². The summed E-state index contributed by atoms with van der Waals surface area (Å²) in [6, 6.07) is 11.4. The molecule has 1 saturated heterocycles. The Bertz CT molecular complexity index is 791. The smallest absolute Gasteiger partial charge is 0.225 e. The first kappa shape index (κ1) is 20.4. The standard InChI is InChI=1S/C22H28N2O3S/c1-3-4-13-24-20(25)12-11-18(22(26)23-15-16-8-7-14-28-16)21(24)17-9-5-6-10-19(17)27-2/h5-10,14,18,21H,3-4,11-13,15H2,1-2H3,(H,23,26)/t18-,21-/m1/s1. The molecule has 2 aromatic rings. The number of amides is 2. The number of rotatable bonds is 8. The zero-order valence-electron chi connectivity index (χ0n) is 16.5. The first-order valence-electron chi connectivity index (χ1n) is 9.88. The molecule has 1 aromatic heterocycles. The quantitative estimate of drug-likeness (QED) is 0.724. The fraction of sp³-hybridized carbons (Fsp3) is 0.455. The molecule has 2 amide bonds. The fourth-order valence-electron chi connectivity index (χ4n) is 3.83. The van der Waals surface area contributed by atoms with Crippen LogP contribution >= 0.6 is 11.3 Å². The molecule has 28 heavy (non-hydrogen) atoms. The molecule has 1 aliphatic rings. The largest absolute Gasteiger partial charge is 0.496 e. The second kappa shape index (κ2) is 9.73. The van der Waals surface area contributed by atoms with Crippen molar-refractivity contribution in [1.29, 1.82) is 0 Å². The molecule has 1 fully saturated rings. The molecule has 0 unspecified atom stereocenters. The van der Waals surface area contributed by atoms with Crippen molar-refractivity contribution in [2.75, 3.05) is 13.7 Å². The first-order chi connectivity index (χ1) is 13.7. The highest BCUT2D eigenvalue weighted by Gasteiger charge is 2.41. The molecule has 2 atom stereocenters. The number of methoxy groups -OCH3 is 1. The average molecular weight is 401 g/mol. The van der Waals surface area contributed by atoms with Crippen LogP contribution in [0.3, 0.4) is 0 Å². The van der Waals surface area contributed by atoms with Gasteiger partial charge in [-0.15, -0.1) is 11.3 Å². The molecular formula is C22H28N2O3S. The number of benzene rings is 1. The van der Waals surface area contributed by atoms with Crippen molar-refractivity contribution in [3.8, 4) is 5.75 Å². The van der Waals surface area contributed by atoms with Gasteiger partial charge in [0.25, 0.3) is 0 Å². The maximum atomic E-state index is 13.1. The van der Waals surface area contributed by atoms with Crippen molar-refractivity contribution < 1.29 is 14.3 Å². The topological polar surface area (TPSA) is 58.6 Å². The lowest BCUT2D eigenvalue weighted by Gasteiger charge is -2.41. The second-order valence-electron chi connectivity index (χ2n) is 7.07. The van der Waals surface area contributed by atoms with Gasteiger partial charge in [0.05, 0.1) is 25.6 Å². The summed E-state index contributed by atoms with van der Waals surface area (Å²) in [6.45, 7) is 3.29. The van der Waals surface area contributed by atoms with Crippen LogP contribution in [0, 0.1) is 5.92 Å². The molecule has 1 N–H and O–H groups in total. The molecule has 2 heterocycles. The van der Waals surface area contributed by atoms with Gasteiger partial charge in [0.2, 0.25) is 11.8 Å². The van der Waals surface area contributed by atoms with Gasteiger partial charge in [0.1, 0.15) is 5.75 Å². The van der Waals surface area contributed by atoms with Gasteiger partial charge in [0.15, 0.2) is 0 Å². The summed E-state index contributed by atoms with van der Waals surface area (Å²) in [6.07, 6.45) is 2.88. The summed E-state index contributed by atoms with van der Waals surface area (Å²) in [5.41, 5.74) is 0.908. The summed E-state index contributed by atoms with van der Waals surface area (Å²) in [7, 11) is 1.63. The van der Waals surface area contributed by atoms with E-state index in [4.69, 9.17) is 4.74 Å². The molecule has 6 heteroatoms. The molecule has 1 aromatic carbocycles. The summed E-state index contributed by atoms with van der Waals surface area (Å²) in [5, 5.41) is 5.08. The summed E-state index contributed by atoms with van der Waals surface area (Å²) in [4.78, 5) is 28.9. The van der Waals surface area contributed by atoms with Crippen LogP contribution in [-0.2, 0) is 16.1 Å². The number of hydrogen-bond acceptors (Lipinski definition) is 4. The van der Waals surface area contributed by atoms with Gasteiger partial charge >= 0.3 is 0 Å². The minimum atomic E-state index is -0.299. The number of thiophene rings is 1. The van der Waals surface area contributed by atoms with Crippen molar-refractivity contribution in [3.63, 3.8) is 0 Å². The lowest BCUT2D eigenvalue weighted by molar-refractivity contribution is -0.143. The minimum absolute atomic E-state index is 0.00157.